The number of aliphatic hydroxyl groups excluding tert-OH is 4. The van der Waals surface area contributed by atoms with Crippen LogP contribution in [0, 0.1) is 0 Å². The molecule has 6 heteroatoms. The van der Waals surface area contributed by atoms with Gasteiger partial charge in [0.25, 0.3) is 0 Å². The van der Waals surface area contributed by atoms with Gasteiger partial charge < -0.3 is 30.9 Å². The molecule has 1 aliphatic rings. The Hall–Kier alpha value is -0.240. The number of ether oxygens (including phenoxy) is 1. The number of rotatable bonds is 1. The van der Waals surface area contributed by atoms with Gasteiger partial charge in [0, 0.05) is 0 Å². The molecule has 0 radical (unpaired) electrons. The first-order chi connectivity index (χ1) is 5.57. The summed E-state index contributed by atoms with van der Waals surface area (Å²) < 4.78 is 4.70. The van der Waals surface area contributed by atoms with Crippen LogP contribution in [0.15, 0.2) is 0 Å². The lowest BCUT2D eigenvalue weighted by molar-refractivity contribution is -0.248. The molecule has 0 amide bonds. The van der Waals surface area contributed by atoms with E-state index in [4.69, 9.17) is 20.7 Å². The Morgan fingerprint density at radius 3 is 2.25 bits per heavy atom. The predicted octanol–water partition coefficient (Wildman–Crippen LogP) is -3.26. The standard InChI is InChI=1S/C6H13NO5/c7-3-5(10)4(9)2(1-8)12-6(3)11/h2-6,8-11H,1,7H2/t2?,3-,4-,5-,6-/m1/s1. The smallest absolute Gasteiger partial charge is 0.173 e. The molecule has 0 aromatic carbocycles. The molecule has 0 spiro atoms. The molecule has 0 saturated carbocycles. The predicted molar refractivity (Wildman–Crippen MR) is 38.0 cm³/mol. The zero-order valence-corrected chi connectivity index (χ0v) is 6.37. The summed E-state index contributed by atoms with van der Waals surface area (Å²) in [5.41, 5.74) is 5.26. The van der Waals surface area contributed by atoms with E-state index in [1.807, 2.05) is 0 Å². The van der Waals surface area contributed by atoms with Crippen molar-refractivity contribution in [2.24, 2.45) is 5.73 Å². The van der Waals surface area contributed by atoms with Gasteiger partial charge in [-0.15, -0.1) is 0 Å². The third kappa shape index (κ3) is 1.58. The summed E-state index contributed by atoms with van der Waals surface area (Å²) in [6.07, 6.45) is -4.85. The van der Waals surface area contributed by atoms with Crippen molar-refractivity contribution >= 4 is 0 Å². The Morgan fingerprint density at radius 1 is 1.17 bits per heavy atom. The van der Waals surface area contributed by atoms with Gasteiger partial charge in [-0.25, -0.2) is 0 Å². The summed E-state index contributed by atoms with van der Waals surface area (Å²) in [4.78, 5) is 0. The van der Waals surface area contributed by atoms with E-state index in [2.05, 4.69) is 0 Å². The first kappa shape index (κ1) is 9.85. The summed E-state index contributed by atoms with van der Waals surface area (Å²) in [7, 11) is 0. The molecule has 1 aliphatic heterocycles. The maximum Gasteiger partial charge on any atom is 0.173 e. The fraction of sp³-hybridized carbons (Fsp3) is 1.00. The van der Waals surface area contributed by atoms with E-state index in [-0.39, 0.29) is 0 Å². The average Bonchev–Trinajstić information content (AvgIpc) is 2.08. The van der Waals surface area contributed by atoms with Crippen molar-refractivity contribution in [3.05, 3.63) is 0 Å². The highest BCUT2D eigenvalue weighted by Crippen LogP contribution is 2.17. The quantitative estimate of drug-likeness (QED) is 0.288. The molecule has 1 unspecified atom stereocenters. The van der Waals surface area contributed by atoms with Gasteiger partial charge in [-0.3, -0.25) is 0 Å². The van der Waals surface area contributed by atoms with E-state index >= 15 is 0 Å². The first-order valence-electron chi connectivity index (χ1n) is 3.64. The number of aliphatic hydroxyl groups is 4. The molecule has 1 heterocycles. The number of hydrogen-bond donors (Lipinski definition) is 5. The third-order valence-electron chi connectivity index (χ3n) is 1.95. The van der Waals surface area contributed by atoms with Crippen molar-refractivity contribution in [3.8, 4) is 0 Å². The van der Waals surface area contributed by atoms with E-state index < -0.39 is 37.3 Å². The molecule has 0 aromatic rings. The molecule has 1 rings (SSSR count). The largest absolute Gasteiger partial charge is 0.394 e. The molecular weight excluding hydrogens is 166 g/mol. The minimum absolute atomic E-state index is 0.470. The van der Waals surface area contributed by atoms with Crippen molar-refractivity contribution < 1.29 is 25.2 Å². The lowest BCUT2D eigenvalue weighted by Gasteiger charge is -2.38. The van der Waals surface area contributed by atoms with Crippen LogP contribution >= 0.6 is 0 Å². The Kier molecular flexibility index (Phi) is 2.99. The van der Waals surface area contributed by atoms with E-state index in [0.717, 1.165) is 0 Å². The van der Waals surface area contributed by atoms with Crippen LogP contribution < -0.4 is 5.73 Å². The SMILES string of the molecule is N[C@@H]1[C@@H](O)[C@H](O)C(CO)O[C@H]1O. The third-order valence-corrected chi connectivity index (χ3v) is 1.95. The van der Waals surface area contributed by atoms with E-state index in [1.165, 1.54) is 0 Å². The van der Waals surface area contributed by atoms with Crippen LogP contribution in [0.5, 0.6) is 0 Å². The van der Waals surface area contributed by atoms with Crippen LogP contribution in [0.4, 0.5) is 0 Å². The van der Waals surface area contributed by atoms with E-state index in [9.17, 15) is 10.2 Å². The Labute approximate surface area is 69.2 Å². The van der Waals surface area contributed by atoms with Gasteiger partial charge in [0.1, 0.15) is 18.3 Å². The second-order valence-corrected chi connectivity index (χ2v) is 2.81. The van der Waals surface area contributed by atoms with Gasteiger partial charge in [-0.2, -0.15) is 0 Å². The van der Waals surface area contributed by atoms with Gasteiger partial charge in [-0.05, 0) is 0 Å². The Morgan fingerprint density at radius 2 is 1.75 bits per heavy atom. The van der Waals surface area contributed by atoms with Gasteiger partial charge >= 0.3 is 0 Å². The fourth-order valence-corrected chi connectivity index (χ4v) is 1.12. The lowest BCUT2D eigenvalue weighted by Crippen LogP contribution is -2.61. The molecular formula is C6H13NO5. The molecule has 1 fully saturated rings. The molecule has 0 aliphatic carbocycles. The highest BCUT2D eigenvalue weighted by molar-refractivity contribution is 4.90. The van der Waals surface area contributed by atoms with Gasteiger partial charge in [0.15, 0.2) is 6.29 Å². The van der Waals surface area contributed by atoms with Crippen LogP contribution in [0.25, 0.3) is 0 Å². The Balaban J connectivity index is 2.63. The highest BCUT2D eigenvalue weighted by Gasteiger charge is 2.41. The summed E-state index contributed by atoms with van der Waals surface area (Å²) in [6, 6.07) is -1.04. The van der Waals surface area contributed by atoms with Crippen LogP contribution in [-0.2, 0) is 4.74 Å². The maximum atomic E-state index is 9.20. The van der Waals surface area contributed by atoms with Crippen LogP contribution in [0.1, 0.15) is 0 Å². The second-order valence-electron chi connectivity index (χ2n) is 2.81. The second kappa shape index (κ2) is 3.65. The highest BCUT2D eigenvalue weighted by atomic mass is 16.6. The summed E-state index contributed by atoms with van der Waals surface area (Å²) in [6.45, 7) is -0.470. The molecule has 6 N–H and O–H groups in total. The first-order valence-corrected chi connectivity index (χ1v) is 3.64. The van der Waals surface area contributed by atoms with Crippen molar-refractivity contribution in [3.63, 3.8) is 0 Å². The molecule has 0 bridgehead atoms. The minimum atomic E-state index is -1.35. The van der Waals surface area contributed by atoms with Gasteiger partial charge in [0.2, 0.25) is 0 Å². The van der Waals surface area contributed by atoms with Crippen LogP contribution in [0.2, 0.25) is 0 Å². The van der Waals surface area contributed by atoms with E-state index in [0.29, 0.717) is 0 Å². The summed E-state index contributed by atoms with van der Waals surface area (Å²) in [5.74, 6) is 0. The van der Waals surface area contributed by atoms with Crippen molar-refractivity contribution in [2.75, 3.05) is 6.61 Å². The fourth-order valence-electron chi connectivity index (χ4n) is 1.12. The molecule has 1 saturated heterocycles. The van der Waals surface area contributed by atoms with Crippen LogP contribution in [0.3, 0.4) is 0 Å². The monoisotopic (exact) mass is 179 g/mol. The van der Waals surface area contributed by atoms with Gasteiger partial charge in [0.05, 0.1) is 12.6 Å². The van der Waals surface area contributed by atoms with Crippen molar-refractivity contribution in [2.45, 2.75) is 30.6 Å². The lowest BCUT2D eigenvalue weighted by atomic mass is 9.98. The van der Waals surface area contributed by atoms with Crippen molar-refractivity contribution in [1.29, 1.82) is 0 Å². The maximum absolute atomic E-state index is 9.20. The topological polar surface area (TPSA) is 116 Å². The van der Waals surface area contributed by atoms with Crippen LogP contribution in [-0.4, -0.2) is 57.7 Å². The van der Waals surface area contributed by atoms with Crippen molar-refractivity contribution in [1.82, 2.24) is 0 Å². The van der Waals surface area contributed by atoms with E-state index in [1.54, 1.807) is 0 Å². The zero-order valence-electron chi connectivity index (χ0n) is 6.37. The summed E-state index contributed by atoms with van der Waals surface area (Å²) >= 11 is 0. The normalized spacial score (nSPS) is 49.2. The molecule has 6 nitrogen and oxygen atoms in total. The summed E-state index contributed by atoms with van der Waals surface area (Å²) in [5, 5.41) is 36.1. The molecule has 5 atom stereocenters. The average molecular weight is 179 g/mol. The number of nitrogens with two attached hydrogens (primary N) is 1. The Bertz CT molecular complexity index is 150. The minimum Gasteiger partial charge on any atom is -0.394 e. The molecule has 72 valence electrons. The molecule has 12 heavy (non-hydrogen) atoms. The molecule has 0 aromatic heterocycles. The zero-order chi connectivity index (χ0) is 9.30. The van der Waals surface area contributed by atoms with Gasteiger partial charge in [-0.1, -0.05) is 0 Å². The number of hydrogen-bond acceptors (Lipinski definition) is 6.